The largest absolute Gasteiger partial charge is 0.391 e. The molecule has 1 atom stereocenters. The number of anilines is 2. The fraction of sp³-hybridized carbons (Fsp3) is 0.300. The number of aliphatic hydroxyl groups excluding tert-OH is 1. The lowest BCUT2D eigenvalue weighted by atomic mass is 10.0. The van der Waals surface area contributed by atoms with Gasteiger partial charge in [-0.1, -0.05) is 54.2 Å². The van der Waals surface area contributed by atoms with Crippen molar-refractivity contribution in [3.8, 4) is 0 Å². The van der Waals surface area contributed by atoms with E-state index in [1.165, 1.54) is 21.8 Å². The van der Waals surface area contributed by atoms with Crippen LogP contribution in [0.15, 0.2) is 88.8 Å². The van der Waals surface area contributed by atoms with E-state index in [0.29, 0.717) is 31.1 Å². The van der Waals surface area contributed by atoms with Gasteiger partial charge in [0.15, 0.2) is 0 Å². The molecular formula is C30H31N3O2S. The normalized spacial score (nSPS) is 20.0. The zero-order valence-corrected chi connectivity index (χ0v) is 21.1. The molecule has 3 aliphatic rings. The Morgan fingerprint density at radius 2 is 1.61 bits per heavy atom. The zero-order valence-electron chi connectivity index (χ0n) is 20.3. The predicted molar refractivity (Wildman–Crippen MR) is 146 cm³/mol. The molecule has 2 fully saturated rings. The monoisotopic (exact) mass is 497 g/mol. The lowest BCUT2D eigenvalue weighted by Gasteiger charge is -2.42. The van der Waals surface area contributed by atoms with Gasteiger partial charge in [0, 0.05) is 47.6 Å². The Kier molecular flexibility index (Phi) is 6.46. The molecule has 3 aromatic carbocycles. The van der Waals surface area contributed by atoms with Crippen molar-refractivity contribution >= 4 is 35.1 Å². The minimum atomic E-state index is -0.406. The molecule has 1 N–H and O–H groups in total. The van der Waals surface area contributed by atoms with E-state index in [1.807, 2.05) is 18.2 Å². The van der Waals surface area contributed by atoms with Crippen LogP contribution >= 0.6 is 11.8 Å². The number of carbonyl (C=O) groups excluding carboxylic acids is 1. The Balaban J connectivity index is 1.23. The number of benzene rings is 3. The van der Waals surface area contributed by atoms with E-state index in [-0.39, 0.29) is 5.91 Å². The van der Waals surface area contributed by atoms with Gasteiger partial charge in [0.05, 0.1) is 17.5 Å². The highest BCUT2D eigenvalue weighted by Crippen LogP contribution is 2.50. The Hall–Kier alpha value is -3.22. The first-order chi connectivity index (χ1) is 17.7. The quantitative estimate of drug-likeness (QED) is 0.506. The summed E-state index contributed by atoms with van der Waals surface area (Å²) in [4.78, 5) is 22.1. The van der Waals surface area contributed by atoms with E-state index in [2.05, 4.69) is 76.7 Å². The van der Waals surface area contributed by atoms with Gasteiger partial charge in [0.2, 0.25) is 0 Å². The lowest BCUT2D eigenvalue weighted by molar-refractivity contribution is 0.0764. The van der Waals surface area contributed by atoms with Crippen molar-refractivity contribution in [3.63, 3.8) is 0 Å². The lowest BCUT2D eigenvalue weighted by Crippen LogP contribution is -2.42. The number of rotatable bonds is 4. The molecule has 0 saturated carbocycles. The molecule has 5 nitrogen and oxygen atoms in total. The third kappa shape index (κ3) is 4.63. The van der Waals surface area contributed by atoms with Crippen molar-refractivity contribution in [1.29, 1.82) is 0 Å². The van der Waals surface area contributed by atoms with Crippen LogP contribution in [0.1, 0.15) is 35.2 Å². The van der Waals surface area contributed by atoms with Crippen molar-refractivity contribution in [1.82, 2.24) is 9.80 Å². The van der Waals surface area contributed by atoms with Gasteiger partial charge >= 0.3 is 0 Å². The number of carbonyl (C=O) groups is 1. The number of fused-ring (bicyclic) bond motifs is 2. The van der Waals surface area contributed by atoms with Gasteiger partial charge in [-0.15, -0.1) is 0 Å². The zero-order chi connectivity index (χ0) is 24.5. The first-order valence-electron chi connectivity index (χ1n) is 12.8. The summed E-state index contributed by atoms with van der Waals surface area (Å²) in [6, 6.07) is 25.6. The molecule has 3 aliphatic heterocycles. The Bertz CT molecular complexity index is 1270. The second-order valence-electron chi connectivity index (χ2n) is 9.81. The van der Waals surface area contributed by atoms with E-state index < -0.39 is 6.10 Å². The van der Waals surface area contributed by atoms with E-state index in [9.17, 15) is 9.90 Å². The van der Waals surface area contributed by atoms with Crippen molar-refractivity contribution in [2.75, 3.05) is 31.1 Å². The number of amides is 1. The summed E-state index contributed by atoms with van der Waals surface area (Å²) in [5, 5.41) is 9.87. The van der Waals surface area contributed by atoms with Gasteiger partial charge in [0.25, 0.3) is 5.91 Å². The highest BCUT2D eigenvalue weighted by molar-refractivity contribution is 7.99. The summed E-state index contributed by atoms with van der Waals surface area (Å²) in [5.74, 6) is 0.0128. The van der Waals surface area contributed by atoms with Gasteiger partial charge in [-0.3, -0.25) is 4.79 Å². The number of hydrogen-bond acceptors (Lipinski definition) is 5. The molecule has 6 heteroatoms. The molecule has 0 aromatic heterocycles. The third-order valence-electron chi connectivity index (χ3n) is 7.40. The number of piperidine rings is 1. The summed E-state index contributed by atoms with van der Waals surface area (Å²) < 4.78 is 0. The van der Waals surface area contributed by atoms with Crippen LogP contribution in [0.4, 0.5) is 11.4 Å². The Morgan fingerprint density at radius 3 is 2.39 bits per heavy atom. The highest BCUT2D eigenvalue weighted by Gasteiger charge is 2.32. The fourth-order valence-electron chi connectivity index (χ4n) is 5.47. The van der Waals surface area contributed by atoms with Crippen molar-refractivity contribution in [2.24, 2.45) is 0 Å². The standard InChI is InChI=1S/C30H31N3O2S/c34-25-15-19-32(21-25)30(35)23-10-11-27-29(20-23)36-28-9-5-4-8-26(28)33(27)24-13-17-31(18-14-24)16-12-22-6-2-1-3-7-22/h1-12,16,20,24-25,34H,13-15,17-19,21H2. The summed E-state index contributed by atoms with van der Waals surface area (Å²) >= 11 is 1.75. The second-order valence-corrected chi connectivity index (χ2v) is 10.9. The van der Waals surface area contributed by atoms with E-state index in [4.69, 9.17) is 0 Å². The fourth-order valence-corrected chi connectivity index (χ4v) is 6.58. The van der Waals surface area contributed by atoms with Crippen molar-refractivity contribution < 1.29 is 9.90 Å². The predicted octanol–water partition coefficient (Wildman–Crippen LogP) is 5.63. The summed E-state index contributed by atoms with van der Waals surface area (Å²) in [7, 11) is 0. The molecule has 3 aromatic rings. The SMILES string of the molecule is O=C(c1ccc2c(c1)Sc1ccccc1N2C1CCN(C=Cc2ccccc2)CC1)N1CCC(O)C1. The summed E-state index contributed by atoms with van der Waals surface area (Å²) in [6.07, 6.45) is 6.82. The van der Waals surface area contributed by atoms with Crippen LogP contribution in [0.3, 0.4) is 0 Å². The molecule has 184 valence electrons. The van der Waals surface area contributed by atoms with Crippen molar-refractivity contribution in [2.45, 2.75) is 41.2 Å². The molecule has 0 spiro atoms. The van der Waals surface area contributed by atoms with E-state index in [0.717, 1.165) is 30.8 Å². The average molecular weight is 498 g/mol. The van der Waals surface area contributed by atoms with Crippen LogP contribution < -0.4 is 4.90 Å². The maximum absolute atomic E-state index is 13.1. The smallest absolute Gasteiger partial charge is 0.253 e. The minimum absolute atomic E-state index is 0.0128. The van der Waals surface area contributed by atoms with E-state index in [1.54, 1.807) is 16.7 Å². The van der Waals surface area contributed by atoms with E-state index >= 15 is 0 Å². The Morgan fingerprint density at radius 1 is 0.861 bits per heavy atom. The minimum Gasteiger partial charge on any atom is -0.391 e. The first kappa shape index (κ1) is 23.2. The average Bonchev–Trinajstić information content (AvgIpc) is 3.37. The summed E-state index contributed by atoms with van der Waals surface area (Å²) in [6.45, 7) is 3.08. The molecule has 3 heterocycles. The molecule has 1 unspecified atom stereocenters. The maximum atomic E-state index is 13.1. The molecule has 6 rings (SSSR count). The molecule has 2 saturated heterocycles. The molecule has 0 bridgehead atoms. The van der Waals surface area contributed by atoms with Crippen LogP contribution in [0, 0.1) is 0 Å². The molecule has 1 amide bonds. The second kappa shape index (κ2) is 10.0. The summed E-state index contributed by atoms with van der Waals surface area (Å²) in [5.41, 5.74) is 4.38. The number of β-amino-alcohol motifs (C(OH)–C–C–N with tert-alkyl or cyclic N) is 1. The molecule has 0 aliphatic carbocycles. The van der Waals surface area contributed by atoms with Crippen molar-refractivity contribution in [3.05, 3.63) is 90.1 Å². The van der Waals surface area contributed by atoms with Crippen LogP contribution in [-0.4, -0.2) is 59.1 Å². The number of likely N-dealkylation sites (tertiary alicyclic amines) is 2. The third-order valence-corrected chi connectivity index (χ3v) is 8.52. The first-order valence-corrected chi connectivity index (χ1v) is 13.6. The van der Waals surface area contributed by atoms with Gasteiger partial charge in [-0.2, -0.15) is 0 Å². The maximum Gasteiger partial charge on any atom is 0.253 e. The van der Waals surface area contributed by atoms with Crippen LogP contribution in [0.5, 0.6) is 0 Å². The van der Waals surface area contributed by atoms with Crippen LogP contribution in [0.2, 0.25) is 0 Å². The number of hydrogen-bond donors (Lipinski definition) is 1. The molecule has 36 heavy (non-hydrogen) atoms. The molecular weight excluding hydrogens is 466 g/mol. The highest BCUT2D eigenvalue weighted by atomic mass is 32.2. The van der Waals surface area contributed by atoms with Gasteiger partial charge < -0.3 is 19.8 Å². The number of nitrogens with zero attached hydrogens (tertiary/aromatic N) is 3. The van der Waals surface area contributed by atoms with Crippen LogP contribution in [0.25, 0.3) is 6.08 Å². The van der Waals surface area contributed by atoms with Gasteiger partial charge in [-0.05, 0) is 67.4 Å². The van der Waals surface area contributed by atoms with Crippen LogP contribution in [-0.2, 0) is 0 Å². The number of aliphatic hydroxyl groups is 1. The molecule has 0 radical (unpaired) electrons. The topological polar surface area (TPSA) is 47.0 Å². The Labute approximate surface area is 217 Å². The van der Waals surface area contributed by atoms with Gasteiger partial charge in [0.1, 0.15) is 0 Å². The number of para-hydroxylation sites is 1. The van der Waals surface area contributed by atoms with Gasteiger partial charge in [-0.25, -0.2) is 0 Å².